The monoisotopic (exact) mass is 329 g/mol. The minimum atomic E-state index is -0.442. The Bertz CT molecular complexity index is 739. The number of ether oxygens (including phenoxy) is 1. The van der Waals surface area contributed by atoms with Gasteiger partial charge < -0.3 is 9.64 Å². The predicted molar refractivity (Wildman–Crippen MR) is 96.8 cm³/mol. The number of hydrogen-bond acceptors (Lipinski definition) is 3. The van der Waals surface area contributed by atoms with Gasteiger partial charge in [0.25, 0.3) is 0 Å². The van der Waals surface area contributed by atoms with E-state index < -0.39 is 5.60 Å². The van der Waals surface area contributed by atoms with E-state index in [1.54, 1.807) is 11.3 Å². The van der Waals surface area contributed by atoms with Gasteiger partial charge in [-0.15, -0.1) is 11.3 Å². The van der Waals surface area contributed by atoms with Crippen molar-refractivity contribution < 1.29 is 9.53 Å². The zero-order chi connectivity index (χ0) is 16.4. The van der Waals surface area contributed by atoms with Crippen LogP contribution in [0.4, 0.5) is 4.79 Å². The molecule has 1 aliphatic heterocycles. The van der Waals surface area contributed by atoms with Crippen LogP contribution in [0.15, 0.2) is 35.7 Å². The zero-order valence-electron chi connectivity index (χ0n) is 14.0. The van der Waals surface area contributed by atoms with Gasteiger partial charge in [0.1, 0.15) is 5.60 Å². The third-order valence-electron chi connectivity index (χ3n) is 3.92. The summed E-state index contributed by atoms with van der Waals surface area (Å²) in [6, 6.07) is 8.61. The molecule has 23 heavy (non-hydrogen) atoms. The number of carbonyl (C=O) groups excluding carboxylic acids is 1. The number of carbonyl (C=O) groups is 1. The van der Waals surface area contributed by atoms with Crippen LogP contribution in [0.3, 0.4) is 0 Å². The summed E-state index contributed by atoms with van der Waals surface area (Å²) in [5, 5.41) is 3.43. The summed E-state index contributed by atoms with van der Waals surface area (Å²) in [7, 11) is 0. The lowest BCUT2D eigenvalue weighted by Gasteiger charge is -2.26. The third kappa shape index (κ3) is 3.75. The second kappa shape index (κ2) is 6.36. The van der Waals surface area contributed by atoms with Crippen LogP contribution < -0.4 is 0 Å². The van der Waals surface area contributed by atoms with Gasteiger partial charge in [0.05, 0.1) is 0 Å². The van der Waals surface area contributed by atoms with E-state index in [4.69, 9.17) is 4.74 Å². The molecule has 0 atom stereocenters. The highest BCUT2D eigenvalue weighted by Gasteiger charge is 2.23. The molecule has 4 heteroatoms. The van der Waals surface area contributed by atoms with Crippen molar-refractivity contribution in [1.29, 1.82) is 0 Å². The Balaban J connectivity index is 1.75. The van der Waals surface area contributed by atoms with Gasteiger partial charge in [-0.2, -0.15) is 0 Å². The molecule has 0 saturated heterocycles. The van der Waals surface area contributed by atoms with Crippen LogP contribution in [0.25, 0.3) is 15.7 Å². The maximum atomic E-state index is 12.3. The summed E-state index contributed by atoms with van der Waals surface area (Å²) >= 11 is 1.78. The molecule has 0 saturated carbocycles. The fourth-order valence-corrected chi connectivity index (χ4v) is 3.81. The standard InChI is InChI=1S/C19H23NO2S/c1-19(2,3)22-18(21)20-11-5-7-14(9-12-20)16-8-4-6-15-10-13-23-17(15)16/h4,6-8,10,13H,5,9,11-12H2,1-3H3. The molecule has 0 N–H and O–H groups in total. The summed E-state index contributed by atoms with van der Waals surface area (Å²) in [4.78, 5) is 14.1. The molecule has 2 aromatic rings. The lowest BCUT2D eigenvalue weighted by molar-refractivity contribution is 0.0260. The summed E-state index contributed by atoms with van der Waals surface area (Å²) in [5.41, 5.74) is 2.20. The van der Waals surface area contributed by atoms with E-state index in [0.717, 1.165) is 19.4 Å². The molecule has 0 bridgehead atoms. The van der Waals surface area contributed by atoms with Crippen molar-refractivity contribution in [3.8, 4) is 0 Å². The first-order valence-corrected chi connectivity index (χ1v) is 8.95. The number of hydrogen-bond donors (Lipinski definition) is 0. The second-order valence-corrected chi connectivity index (χ2v) is 7.80. The summed E-state index contributed by atoms with van der Waals surface area (Å²) in [6.45, 7) is 7.15. The Kier molecular flexibility index (Phi) is 4.44. The average Bonchev–Trinajstić information content (AvgIpc) is 2.81. The molecule has 1 aromatic heterocycles. The molecule has 122 valence electrons. The van der Waals surface area contributed by atoms with Gasteiger partial charge in [-0.05, 0) is 61.6 Å². The zero-order valence-corrected chi connectivity index (χ0v) is 14.8. The quantitative estimate of drug-likeness (QED) is 0.709. The smallest absolute Gasteiger partial charge is 0.410 e. The topological polar surface area (TPSA) is 29.5 Å². The molecule has 1 aromatic carbocycles. The molecule has 0 aliphatic carbocycles. The van der Waals surface area contributed by atoms with Gasteiger partial charge in [0.2, 0.25) is 0 Å². The van der Waals surface area contributed by atoms with Crippen LogP contribution in [0.1, 0.15) is 39.2 Å². The number of benzene rings is 1. The Hall–Kier alpha value is -1.81. The van der Waals surface area contributed by atoms with Crippen LogP contribution in [-0.4, -0.2) is 29.7 Å². The van der Waals surface area contributed by atoms with E-state index >= 15 is 0 Å². The van der Waals surface area contributed by atoms with Crippen molar-refractivity contribution in [3.05, 3.63) is 41.3 Å². The van der Waals surface area contributed by atoms with Crippen molar-refractivity contribution in [1.82, 2.24) is 4.90 Å². The summed E-state index contributed by atoms with van der Waals surface area (Å²) in [5.74, 6) is 0. The molecular formula is C19H23NO2S. The number of thiophene rings is 1. The molecule has 0 unspecified atom stereocenters. The van der Waals surface area contributed by atoms with Crippen LogP contribution in [0.2, 0.25) is 0 Å². The Morgan fingerprint density at radius 2 is 2.04 bits per heavy atom. The average molecular weight is 329 g/mol. The van der Waals surface area contributed by atoms with Gasteiger partial charge in [-0.1, -0.05) is 24.3 Å². The fourth-order valence-electron chi connectivity index (χ4n) is 2.86. The predicted octanol–water partition coefficient (Wildman–Crippen LogP) is 5.32. The number of amides is 1. The first-order chi connectivity index (χ1) is 10.9. The molecule has 0 fully saturated rings. The lowest BCUT2D eigenvalue weighted by Crippen LogP contribution is -2.37. The maximum absolute atomic E-state index is 12.3. The fraction of sp³-hybridized carbons (Fsp3) is 0.421. The van der Waals surface area contributed by atoms with E-state index in [1.165, 1.54) is 21.2 Å². The highest BCUT2D eigenvalue weighted by Crippen LogP contribution is 2.32. The van der Waals surface area contributed by atoms with Crippen LogP contribution in [0, 0.1) is 0 Å². The molecule has 2 heterocycles. The third-order valence-corrected chi connectivity index (χ3v) is 4.88. The molecule has 3 nitrogen and oxygen atoms in total. The van der Waals surface area contributed by atoms with Gasteiger partial charge in [0, 0.05) is 17.8 Å². The molecule has 3 rings (SSSR count). The molecule has 1 amide bonds. The Labute approximate surface area is 141 Å². The number of rotatable bonds is 1. The first-order valence-electron chi connectivity index (χ1n) is 8.07. The van der Waals surface area contributed by atoms with Gasteiger partial charge in [-0.25, -0.2) is 4.79 Å². The highest BCUT2D eigenvalue weighted by molar-refractivity contribution is 7.17. The van der Waals surface area contributed by atoms with E-state index in [-0.39, 0.29) is 6.09 Å². The number of fused-ring (bicyclic) bond motifs is 1. The van der Waals surface area contributed by atoms with Crippen molar-refractivity contribution in [3.63, 3.8) is 0 Å². The Morgan fingerprint density at radius 3 is 2.83 bits per heavy atom. The Morgan fingerprint density at radius 1 is 1.22 bits per heavy atom. The molecule has 0 radical (unpaired) electrons. The van der Waals surface area contributed by atoms with E-state index in [0.29, 0.717) is 6.54 Å². The van der Waals surface area contributed by atoms with Crippen molar-refractivity contribution in [2.24, 2.45) is 0 Å². The minimum Gasteiger partial charge on any atom is -0.444 e. The van der Waals surface area contributed by atoms with Crippen molar-refractivity contribution in [2.45, 2.75) is 39.2 Å². The first kappa shape index (κ1) is 16.1. The van der Waals surface area contributed by atoms with E-state index in [2.05, 4.69) is 35.7 Å². The van der Waals surface area contributed by atoms with Crippen molar-refractivity contribution in [2.75, 3.05) is 13.1 Å². The maximum Gasteiger partial charge on any atom is 0.410 e. The SMILES string of the molecule is CC(C)(C)OC(=O)N1CCC=C(c2cccc3ccsc23)CC1. The van der Waals surface area contributed by atoms with Crippen LogP contribution >= 0.6 is 11.3 Å². The summed E-state index contributed by atoms with van der Waals surface area (Å²) in [6.07, 6.45) is 3.81. The largest absolute Gasteiger partial charge is 0.444 e. The minimum absolute atomic E-state index is 0.207. The molecular weight excluding hydrogens is 306 g/mol. The highest BCUT2D eigenvalue weighted by atomic mass is 32.1. The van der Waals surface area contributed by atoms with Crippen LogP contribution in [-0.2, 0) is 4.74 Å². The molecule has 1 aliphatic rings. The van der Waals surface area contributed by atoms with Gasteiger partial charge >= 0.3 is 6.09 Å². The van der Waals surface area contributed by atoms with Crippen molar-refractivity contribution >= 4 is 33.1 Å². The number of nitrogens with zero attached hydrogens (tertiary/aromatic N) is 1. The van der Waals surface area contributed by atoms with E-state index in [1.807, 2.05) is 25.7 Å². The normalized spacial score (nSPS) is 16.1. The lowest BCUT2D eigenvalue weighted by atomic mass is 10.0. The van der Waals surface area contributed by atoms with Crippen LogP contribution in [0.5, 0.6) is 0 Å². The summed E-state index contributed by atoms with van der Waals surface area (Å²) < 4.78 is 6.83. The van der Waals surface area contributed by atoms with Gasteiger partial charge in [0.15, 0.2) is 0 Å². The van der Waals surface area contributed by atoms with Gasteiger partial charge in [-0.3, -0.25) is 0 Å². The van der Waals surface area contributed by atoms with E-state index in [9.17, 15) is 4.79 Å². The molecule has 0 spiro atoms. The second-order valence-electron chi connectivity index (χ2n) is 6.88.